The highest BCUT2D eigenvalue weighted by Gasteiger charge is 2.50. The summed E-state index contributed by atoms with van der Waals surface area (Å²) >= 11 is 0. The van der Waals surface area contributed by atoms with Gasteiger partial charge in [-0.25, -0.2) is 13.6 Å². The molecule has 6 nitrogen and oxygen atoms in total. The molecule has 4 rings (SSSR count). The largest absolute Gasteiger partial charge is 0.325 e. The summed E-state index contributed by atoms with van der Waals surface area (Å²) in [6.07, 6.45) is 0. The molecule has 1 aliphatic heterocycles. The maximum absolute atomic E-state index is 14.2. The number of hydrogen-bond acceptors (Lipinski definition) is 3. The van der Waals surface area contributed by atoms with Gasteiger partial charge >= 0.3 is 6.03 Å². The lowest BCUT2D eigenvalue weighted by molar-refractivity contribution is -0.133. The summed E-state index contributed by atoms with van der Waals surface area (Å²) in [4.78, 5) is 38.5. The molecule has 1 saturated heterocycles. The Balaban J connectivity index is 1.56. The molecular weight excluding hydrogens is 392 g/mol. The minimum Gasteiger partial charge on any atom is -0.324 e. The second kappa shape index (κ2) is 7.22. The molecule has 152 valence electrons. The first-order valence-corrected chi connectivity index (χ1v) is 9.17. The van der Waals surface area contributed by atoms with Crippen molar-refractivity contribution in [3.05, 3.63) is 77.9 Å². The number of amides is 4. The van der Waals surface area contributed by atoms with Gasteiger partial charge in [0, 0.05) is 16.6 Å². The van der Waals surface area contributed by atoms with E-state index in [-0.39, 0.29) is 5.56 Å². The maximum Gasteiger partial charge on any atom is 0.325 e. The van der Waals surface area contributed by atoms with Crippen LogP contribution in [0.5, 0.6) is 0 Å². The lowest BCUT2D eigenvalue weighted by Crippen LogP contribution is -2.42. The van der Waals surface area contributed by atoms with Crippen LogP contribution in [-0.2, 0) is 15.1 Å². The van der Waals surface area contributed by atoms with Crippen LogP contribution < -0.4 is 10.6 Å². The van der Waals surface area contributed by atoms with Crippen LogP contribution in [-0.4, -0.2) is 29.3 Å². The summed E-state index contributed by atoms with van der Waals surface area (Å²) in [5.74, 6) is -3.03. The molecule has 8 heteroatoms. The van der Waals surface area contributed by atoms with Crippen molar-refractivity contribution in [1.82, 2.24) is 10.2 Å². The molecule has 0 spiro atoms. The van der Waals surface area contributed by atoms with Gasteiger partial charge in [-0.2, -0.15) is 0 Å². The van der Waals surface area contributed by atoms with Gasteiger partial charge in [-0.05, 0) is 36.6 Å². The molecule has 2 N–H and O–H groups in total. The van der Waals surface area contributed by atoms with Crippen LogP contribution in [0.1, 0.15) is 12.5 Å². The SMILES string of the molecule is CC1(c2cc(F)ccc2F)NC(=O)N(CC(=O)Nc2cccc3ccccc23)C1=O. The first kappa shape index (κ1) is 19.5. The number of rotatable bonds is 4. The van der Waals surface area contributed by atoms with Crippen molar-refractivity contribution in [2.75, 3.05) is 11.9 Å². The lowest BCUT2D eigenvalue weighted by Gasteiger charge is -2.22. The van der Waals surface area contributed by atoms with E-state index in [1.165, 1.54) is 6.92 Å². The maximum atomic E-state index is 14.2. The summed E-state index contributed by atoms with van der Waals surface area (Å²) in [6.45, 7) is 0.702. The van der Waals surface area contributed by atoms with Crippen molar-refractivity contribution < 1.29 is 23.2 Å². The van der Waals surface area contributed by atoms with Gasteiger partial charge < -0.3 is 10.6 Å². The third-order valence-corrected chi connectivity index (χ3v) is 5.11. The minimum atomic E-state index is -1.82. The standard InChI is InChI=1S/C22H17F2N3O3/c1-22(16-11-14(23)9-10-17(16)24)20(29)27(21(30)26-22)12-19(28)25-18-8-4-6-13-5-2-3-7-15(13)18/h2-11H,12H2,1H3,(H,25,28)(H,26,30). The fourth-order valence-electron chi connectivity index (χ4n) is 3.57. The average molecular weight is 409 g/mol. The molecular formula is C22H17F2N3O3. The molecule has 0 aromatic heterocycles. The lowest BCUT2D eigenvalue weighted by atomic mass is 9.91. The average Bonchev–Trinajstić information content (AvgIpc) is 2.94. The van der Waals surface area contributed by atoms with E-state index in [1.54, 1.807) is 12.1 Å². The van der Waals surface area contributed by atoms with Gasteiger partial charge in [-0.1, -0.05) is 36.4 Å². The van der Waals surface area contributed by atoms with Crippen molar-refractivity contribution in [1.29, 1.82) is 0 Å². The monoisotopic (exact) mass is 409 g/mol. The normalized spacial score (nSPS) is 18.6. The third kappa shape index (κ3) is 3.26. The molecule has 0 saturated carbocycles. The van der Waals surface area contributed by atoms with Crippen LogP contribution in [0.2, 0.25) is 0 Å². The zero-order valence-electron chi connectivity index (χ0n) is 15.9. The number of nitrogens with zero attached hydrogens (tertiary/aromatic N) is 1. The molecule has 1 atom stereocenters. The minimum absolute atomic E-state index is 0.308. The van der Waals surface area contributed by atoms with Gasteiger partial charge in [0.05, 0.1) is 0 Å². The Hall–Kier alpha value is -3.81. The van der Waals surface area contributed by atoms with Crippen molar-refractivity contribution in [2.45, 2.75) is 12.5 Å². The number of fused-ring (bicyclic) bond motifs is 1. The predicted molar refractivity (Wildman–Crippen MR) is 107 cm³/mol. The zero-order valence-corrected chi connectivity index (χ0v) is 15.9. The zero-order chi connectivity index (χ0) is 21.5. The Bertz CT molecular complexity index is 1190. The molecule has 0 aliphatic carbocycles. The fraction of sp³-hybridized carbons (Fsp3) is 0.136. The first-order chi connectivity index (χ1) is 14.3. The molecule has 1 heterocycles. The van der Waals surface area contributed by atoms with Crippen LogP contribution in [0.3, 0.4) is 0 Å². The van der Waals surface area contributed by atoms with Gasteiger partial charge in [0.25, 0.3) is 5.91 Å². The van der Waals surface area contributed by atoms with Crippen LogP contribution in [0.15, 0.2) is 60.7 Å². The van der Waals surface area contributed by atoms with E-state index in [9.17, 15) is 23.2 Å². The van der Waals surface area contributed by atoms with E-state index < -0.39 is 41.6 Å². The highest BCUT2D eigenvalue weighted by Crippen LogP contribution is 2.31. The van der Waals surface area contributed by atoms with Gasteiger partial charge in [0.1, 0.15) is 23.7 Å². The van der Waals surface area contributed by atoms with Crippen LogP contribution in [0.25, 0.3) is 10.8 Å². The summed E-state index contributed by atoms with van der Waals surface area (Å²) in [5.41, 5.74) is -1.59. The number of carbonyl (C=O) groups excluding carboxylic acids is 3. The summed E-state index contributed by atoms with van der Waals surface area (Å²) in [6, 6.07) is 14.6. The van der Waals surface area contributed by atoms with Gasteiger partial charge in [-0.15, -0.1) is 0 Å². The Labute approximate surface area is 170 Å². The molecule has 4 amide bonds. The molecule has 1 fully saturated rings. The number of benzene rings is 3. The van der Waals surface area contributed by atoms with E-state index in [0.29, 0.717) is 10.6 Å². The van der Waals surface area contributed by atoms with Gasteiger partial charge in [0.15, 0.2) is 0 Å². The smallest absolute Gasteiger partial charge is 0.324 e. The molecule has 30 heavy (non-hydrogen) atoms. The Kier molecular flexibility index (Phi) is 4.69. The number of imide groups is 1. The second-order valence-corrected chi connectivity index (χ2v) is 7.15. The number of halogens is 2. The number of carbonyl (C=O) groups is 3. The van der Waals surface area contributed by atoms with Crippen molar-refractivity contribution in [3.63, 3.8) is 0 Å². The van der Waals surface area contributed by atoms with E-state index in [2.05, 4.69) is 10.6 Å². The Morgan fingerprint density at radius 3 is 2.60 bits per heavy atom. The summed E-state index contributed by atoms with van der Waals surface area (Å²) in [7, 11) is 0. The van der Waals surface area contributed by atoms with E-state index in [4.69, 9.17) is 0 Å². The molecule has 0 radical (unpaired) electrons. The van der Waals surface area contributed by atoms with Gasteiger partial charge in [-0.3, -0.25) is 14.5 Å². The highest BCUT2D eigenvalue weighted by atomic mass is 19.1. The molecule has 3 aromatic carbocycles. The van der Waals surface area contributed by atoms with E-state index in [0.717, 1.165) is 29.0 Å². The second-order valence-electron chi connectivity index (χ2n) is 7.15. The predicted octanol–water partition coefficient (Wildman–Crippen LogP) is 3.52. The van der Waals surface area contributed by atoms with Crippen molar-refractivity contribution in [2.24, 2.45) is 0 Å². The van der Waals surface area contributed by atoms with E-state index >= 15 is 0 Å². The van der Waals surface area contributed by atoms with Crippen molar-refractivity contribution in [3.8, 4) is 0 Å². The fourth-order valence-corrected chi connectivity index (χ4v) is 3.57. The quantitative estimate of drug-likeness (QED) is 0.647. The van der Waals surface area contributed by atoms with Crippen LogP contribution >= 0.6 is 0 Å². The molecule has 1 aliphatic rings. The Morgan fingerprint density at radius 1 is 1.07 bits per heavy atom. The number of anilines is 1. The third-order valence-electron chi connectivity index (χ3n) is 5.11. The highest BCUT2D eigenvalue weighted by molar-refractivity contribution is 6.11. The molecule has 0 bridgehead atoms. The van der Waals surface area contributed by atoms with Crippen LogP contribution in [0.4, 0.5) is 19.3 Å². The first-order valence-electron chi connectivity index (χ1n) is 9.17. The molecule has 1 unspecified atom stereocenters. The summed E-state index contributed by atoms with van der Waals surface area (Å²) in [5, 5.41) is 6.78. The Morgan fingerprint density at radius 2 is 1.80 bits per heavy atom. The topological polar surface area (TPSA) is 78.5 Å². The van der Waals surface area contributed by atoms with Gasteiger partial charge in [0.2, 0.25) is 5.91 Å². The number of urea groups is 1. The number of nitrogens with one attached hydrogen (secondary N) is 2. The van der Waals surface area contributed by atoms with Crippen molar-refractivity contribution >= 4 is 34.3 Å². The number of hydrogen-bond donors (Lipinski definition) is 2. The summed E-state index contributed by atoms with van der Waals surface area (Å²) < 4.78 is 27.8. The molecule has 3 aromatic rings. The van der Waals surface area contributed by atoms with E-state index in [1.807, 2.05) is 30.3 Å². The van der Waals surface area contributed by atoms with Crippen LogP contribution in [0, 0.1) is 11.6 Å².